The van der Waals surface area contributed by atoms with Gasteiger partial charge in [-0.1, -0.05) is 53.6 Å². The number of anilines is 1. The first-order chi connectivity index (χ1) is 15.5. The van der Waals surface area contributed by atoms with Crippen molar-refractivity contribution in [1.82, 2.24) is 10.3 Å². The molecule has 1 heterocycles. The van der Waals surface area contributed by atoms with Gasteiger partial charge in [0, 0.05) is 39.9 Å². The van der Waals surface area contributed by atoms with E-state index >= 15 is 0 Å². The van der Waals surface area contributed by atoms with Crippen LogP contribution in [0.1, 0.15) is 27.0 Å². The zero-order chi connectivity index (χ0) is 22.5. The van der Waals surface area contributed by atoms with E-state index in [0.717, 1.165) is 28.8 Å². The van der Waals surface area contributed by atoms with Gasteiger partial charge in [0.05, 0.1) is 0 Å². The smallest absolute Gasteiger partial charge is 0.257 e. The predicted octanol–water partition coefficient (Wildman–Crippen LogP) is 5.88. The lowest BCUT2D eigenvalue weighted by Gasteiger charge is -2.14. The minimum Gasteiger partial charge on any atom is -0.361 e. The maximum atomic E-state index is 12.9. The van der Waals surface area contributed by atoms with Crippen LogP contribution in [-0.2, 0) is 6.42 Å². The molecule has 0 saturated heterocycles. The Morgan fingerprint density at radius 2 is 1.88 bits per heavy atom. The van der Waals surface area contributed by atoms with Crippen molar-refractivity contribution in [2.45, 2.75) is 20.3 Å². The van der Waals surface area contributed by atoms with Crippen molar-refractivity contribution in [3.63, 3.8) is 0 Å². The third kappa shape index (κ3) is 5.18. The topological polar surface area (TPSA) is 69.3 Å². The van der Waals surface area contributed by atoms with E-state index in [1.807, 2.05) is 68.6 Å². The number of halogens is 1. The van der Waals surface area contributed by atoms with Crippen LogP contribution in [0.2, 0.25) is 5.02 Å². The molecule has 3 aromatic carbocycles. The molecule has 0 radical (unpaired) electrons. The van der Waals surface area contributed by atoms with Gasteiger partial charge in [-0.2, -0.15) is 0 Å². The molecule has 0 atom stereocenters. The molecule has 5 nitrogen and oxygen atoms in total. The van der Waals surface area contributed by atoms with Crippen molar-refractivity contribution in [2.24, 2.45) is 4.99 Å². The average Bonchev–Trinajstić information content (AvgIpc) is 3.19. The lowest BCUT2D eigenvalue weighted by Crippen LogP contribution is -2.36. The lowest BCUT2D eigenvalue weighted by molar-refractivity contribution is 0.0977. The minimum atomic E-state index is -0.216. The highest BCUT2D eigenvalue weighted by atomic mass is 35.5. The van der Waals surface area contributed by atoms with Crippen LogP contribution in [0.4, 0.5) is 5.69 Å². The quantitative estimate of drug-likeness (QED) is 0.266. The van der Waals surface area contributed by atoms with Gasteiger partial charge in [-0.05, 0) is 61.7 Å². The largest absolute Gasteiger partial charge is 0.361 e. The van der Waals surface area contributed by atoms with E-state index in [4.69, 9.17) is 11.6 Å². The number of hydrogen-bond acceptors (Lipinski definition) is 2. The fourth-order valence-electron chi connectivity index (χ4n) is 3.56. The van der Waals surface area contributed by atoms with Crippen molar-refractivity contribution in [3.8, 4) is 0 Å². The molecule has 32 heavy (non-hydrogen) atoms. The number of carbonyl (C=O) groups excluding carboxylic acids is 1. The minimum absolute atomic E-state index is 0.216. The number of fused-ring (bicyclic) bond motifs is 1. The van der Waals surface area contributed by atoms with E-state index in [0.29, 0.717) is 23.1 Å². The first-order valence-corrected chi connectivity index (χ1v) is 10.9. The number of carbonyl (C=O) groups is 1. The molecule has 0 unspecified atom stereocenters. The molecule has 0 fully saturated rings. The van der Waals surface area contributed by atoms with Crippen LogP contribution < -0.4 is 10.6 Å². The Morgan fingerprint density at radius 1 is 1.03 bits per heavy atom. The monoisotopic (exact) mass is 444 g/mol. The molecule has 6 heteroatoms. The summed E-state index contributed by atoms with van der Waals surface area (Å²) in [6.07, 6.45) is 2.75. The van der Waals surface area contributed by atoms with Gasteiger partial charge in [-0.25, -0.2) is 0 Å². The number of amides is 1. The summed E-state index contributed by atoms with van der Waals surface area (Å²) in [7, 11) is 0. The summed E-state index contributed by atoms with van der Waals surface area (Å²) in [5, 5.41) is 7.97. The van der Waals surface area contributed by atoms with Crippen molar-refractivity contribution in [2.75, 3.05) is 11.9 Å². The van der Waals surface area contributed by atoms with E-state index in [1.54, 1.807) is 6.07 Å². The predicted molar refractivity (Wildman–Crippen MR) is 133 cm³/mol. The maximum Gasteiger partial charge on any atom is 0.257 e. The highest BCUT2D eigenvalue weighted by Crippen LogP contribution is 2.21. The van der Waals surface area contributed by atoms with Crippen LogP contribution >= 0.6 is 11.6 Å². The molecule has 0 spiro atoms. The van der Waals surface area contributed by atoms with Gasteiger partial charge in [0.15, 0.2) is 0 Å². The van der Waals surface area contributed by atoms with Gasteiger partial charge in [-0.15, -0.1) is 0 Å². The van der Waals surface area contributed by atoms with Crippen molar-refractivity contribution >= 4 is 40.1 Å². The SMILES string of the molecule is Cc1cccc(C(=O)NC(=NCCc2c[nH]c3ccccc23)Nc2cc(Cl)ccc2C)c1. The number of guanidine groups is 1. The number of aliphatic imine (C=N–C) groups is 1. The Labute approximate surface area is 192 Å². The van der Waals surface area contributed by atoms with Crippen LogP contribution in [0.25, 0.3) is 10.9 Å². The lowest BCUT2D eigenvalue weighted by atomic mass is 10.1. The number of nitrogens with one attached hydrogen (secondary N) is 3. The molecule has 3 N–H and O–H groups in total. The Kier molecular flexibility index (Phi) is 6.57. The maximum absolute atomic E-state index is 12.9. The molecule has 4 rings (SSSR count). The van der Waals surface area contributed by atoms with Gasteiger partial charge in [0.25, 0.3) is 5.91 Å². The summed E-state index contributed by atoms with van der Waals surface area (Å²) in [4.78, 5) is 20.8. The summed E-state index contributed by atoms with van der Waals surface area (Å²) in [5.41, 5.74) is 5.70. The van der Waals surface area contributed by atoms with E-state index in [-0.39, 0.29) is 5.91 Å². The van der Waals surface area contributed by atoms with Crippen LogP contribution in [0.15, 0.2) is 77.9 Å². The second kappa shape index (κ2) is 9.71. The number of nitrogens with zero attached hydrogens (tertiary/aromatic N) is 1. The third-order valence-electron chi connectivity index (χ3n) is 5.29. The Bertz CT molecular complexity index is 1290. The van der Waals surface area contributed by atoms with Crippen molar-refractivity contribution < 1.29 is 4.79 Å². The summed E-state index contributed by atoms with van der Waals surface area (Å²) in [6, 6.07) is 21.2. The van der Waals surface area contributed by atoms with Crippen LogP contribution in [0.5, 0.6) is 0 Å². The Hall–Kier alpha value is -3.57. The molecule has 0 saturated carbocycles. The van der Waals surface area contributed by atoms with Gasteiger partial charge in [0.2, 0.25) is 5.96 Å². The number of benzene rings is 3. The van der Waals surface area contributed by atoms with Crippen LogP contribution in [-0.4, -0.2) is 23.4 Å². The fraction of sp³-hybridized carbons (Fsp3) is 0.154. The van der Waals surface area contributed by atoms with Crippen LogP contribution in [0, 0.1) is 13.8 Å². The molecule has 0 aliphatic carbocycles. The fourth-order valence-corrected chi connectivity index (χ4v) is 3.73. The summed E-state index contributed by atoms with van der Waals surface area (Å²) < 4.78 is 0. The van der Waals surface area contributed by atoms with Crippen molar-refractivity contribution in [3.05, 3.63) is 100 Å². The Morgan fingerprint density at radius 3 is 2.72 bits per heavy atom. The molecule has 0 aliphatic rings. The molecule has 0 bridgehead atoms. The van der Waals surface area contributed by atoms with E-state index in [9.17, 15) is 4.79 Å². The highest BCUT2D eigenvalue weighted by molar-refractivity contribution is 6.31. The highest BCUT2D eigenvalue weighted by Gasteiger charge is 2.11. The first-order valence-electron chi connectivity index (χ1n) is 10.5. The van der Waals surface area contributed by atoms with E-state index < -0.39 is 0 Å². The summed E-state index contributed by atoms with van der Waals surface area (Å²) in [5.74, 6) is 0.174. The summed E-state index contributed by atoms with van der Waals surface area (Å²) in [6.45, 7) is 4.45. The van der Waals surface area contributed by atoms with E-state index in [2.05, 4.69) is 32.7 Å². The number of hydrogen-bond donors (Lipinski definition) is 3. The van der Waals surface area contributed by atoms with Gasteiger partial charge < -0.3 is 10.3 Å². The van der Waals surface area contributed by atoms with E-state index in [1.165, 1.54) is 10.9 Å². The number of aromatic nitrogens is 1. The molecule has 4 aromatic rings. The van der Waals surface area contributed by atoms with Gasteiger partial charge >= 0.3 is 0 Å². The number of H-pyrrole nitrogens is 1. The number of aryl methyl sites for hydroxylation is 2. The summed E-state index contributed by atoms with van der Waals surface area (Å²) >= 11 is 6.18. The number of rotatable bonds is 5. The normalized spacial score (nSPS) is 11.5. The first kappa shape index (κ1) is 21.7. The average molecular weight is 445 g/mol. The standard InChI is InChI=1S/C26H25ClN4O/c1-17-6-5-7-19(14-17)25(32)31-26(30-24-15-21(27)11-10-18(24)2)28-13-12-20-16-29-23-9-4-3-8-22(20)23/h3-11,14-16,29H,12-13H2,1-2H3,(H2,28,30,31,32). The number of para-hydroxylation sites is 1. The third-order valence-corrected chi connectivity index (χ3v) is 5.53. The van der Waals surface area contributed by atoms with Crippen molar-refractivity contribution in [1.29, 1.82) is 0 Å². The number of aromatic amines is 1. The second-order valence-corrected chi connectivity index (χ2v) is 8.18. The molecular formula is C26H25ClN4O. The van der Waals surface area contributed by atoms with Gasteiger partial charge in [-0.3, -0.25) is 15.1 Å². The second-order valence-electron chi connectivity index (χ2n) is 7.75. The van der Waals surface area contributed by atoms with Gasteiger partial charge in [0.1, 0.15) is 0 Å². The molecule has 1 aromatic heterocycles. The molecule has 0 aliphatic heterocycles. The zero-order valence-electron chi connectivity index (χ0n) is 18.1. The molecule has 162 valence electrons. The Balaban J connectivity index is 1.55. The molecule has 1 amide bonds. The molecular weight excluding hydrogens is 420 g/mol. The zero-order valence-corrected chi connectivity index (χ0v) is 18.8. The van der Waals surface area contributed by atoms with Crippen LogP contribution in [0.3, 0.4) is 0 Å².